The van der Waals surface area contributed by atoms with Crippen molar-refractivity contribution in [2.75, 3.05) is 13.2 Å². The van der Waals surface area contributed by atoms with Gasteiger partial charge in [0.05, 0.1) is 0 Å². The minimum absolute atomic E-state index is 0.0737. The van der Waals surface area contributed by atoms with Crippen molar-refractivity contribution < 1.29 is 9.18 Å². The minimum atomic E-state index is -0.647. The number of carbonyl (C=O) groups excluding carboxylic acids is 1. The molecule has 0 spiro atoms. The molecule has 0 heterocycles. The van der Waals surface area contributed by atoms with E-state index in [2.05, 4.69) is 5.32 Å². The van der Waals surface area contributed by atoms with Crippen LogP contribution < -0.4 is 11.1 Å². The molecule has 3 N–H and O–H groups in total. The number of hydrogen-bond acceptors (Lipinski definition) is 2. The van der Waals surface area contributed by atoms with E-state index in [1.807, 2.05) is 0 Å². The fraction of sp³-hybridized carbons (Fsp3) is 0.833. The van der Waals surface area contributed by atoms with Crippen molar-refractivity contribution in [1.29, 1.82) is 0 Å². The monoisotopic (exact) mass is 148 g/mol. The number of carbonyl (C=O) groups is 1. The Morgan fingerprint density at radius 2 is 2.40 bits per heavy atom. The van der Waals surface area contributed by atoms with Crippen molar-refractivity contribution >= 4 is 5.91 Å². The Labute approximate surface area is 59.8 Å². The smallest absolute Gasteiger partial charge is 0.221 e. The van der Waals surface area contributed by atoms with Gasteiger partial charge in [-0.05, 0) is 6.92 Å². The molecule has 10 heavy (non-hydrogen) atoms. The highest BCUT2D eigenvalue weighted by Gasteiger charge is 2.06. The Hall–Kier alpha value is -0.640. The molecule has 1 amide bonds. The zero-order valence-electron chi connectivity index (χ0n) is 6.06. The summed E-state index contributed by atoms with van der Waals surface area (Å²) in [4.78, 5) is 10.7. The van der Waals surface area contributed by atoms with Crippen molar-refractivity contribution in [2.45, 2.75) is 19.4 Å². The molecule has 0 aliphatic carbocycles. The maximum atomic E-state index is 11.7. The fourth-order valence-electron chi connectivity index (χ4n) is 0.562. The molecule has 0 saturated heterocycles. The van der Waals surface area contributed by atoms with Gasteiger partial charge in [0.15, 0.2) is 0 Å². The molecule has 1 atom stereocenters. The lowest BCUT2D eigenvalue weighted by Crippen LogP contribution is -2.32. The topological polar surface area (TPSA) is 55.1 Å². The predicted octanol–water partition coefficient (Wildman–Crippen LogP) is -0.191. The lowest BCUT2D eigenvalue weighted by atomic mass is 10.2. The van der Waals surface area contributed by atoms with Crippen molar-refractivity contribution in [2.24, 2.45) is 5.73 Å². The lowest BCUT2D eigenvalue weighted by molar-refractivity contribution is -0.121. The quantitative estimate of drug-likeness (QED) is 0.580. The highest BCUT2D eigenvalue weighted by atomic mass is 19.1. The number of nitrogens with one attached hydrogen (secondary N) is 1. The van der Waals surface area contributed by atoms with E-state index in [-0.39, 0.29) is 12.3 Å². The van der Waals surface area contributed by atoms with E-state index >= 15 is 0 Å². The van der Waals surface area contributed by atoms with Gasteiger partial charge >= 0.3 is 0 Å². The number of alkyl halides is 1. The number of rotatable bonds is 4. The second kappa shape index (κ2) is 5.17. The standard InChI is InChI=1S/C6H13FN2O/c1-2-9-6(10)3-5(8)4-7/h5H,2-4,8H2,1H3,(H,9,10). The largest absolute Gasteiger partial charge is 0.356 e. The molecule has 3 nitrogen and oxygen atoms in total. The molecule has 0 aromatic rings. The molecule has 0 rings (SSSR count). The summed E-state index contributed by atoms with van der Waals surface area (Å²) in [5.41, 5.74) is 5.17. The van der Waals surface area contributed by atoms with Crippen molar-refractivity contribution in [3.8, 4) is 0 Å². The summed E-state index contributed by atoms with van der Waals surface area (Å²) in [6.45, 7) is 1.73. The van der Waals surface area contributed by atoms with Gasteiger partial charge in [-0.15, -0.1) is 0 Å². The normalized spacial score (nSPS) is 12.7. The van der Waals surface area contributed by atoms with Gasteiger partial charge in [-0.2, -0.15) is 0 Å². The Bertz CT molecular complexity index is 108. The first-order chi connectivity index (χ1) is 4.70. The molecule has 0 radical (unpaired) electrons. The van der Waals surface area contributed by atoms with Crippen LogP contribution in [0.4, 0.5) is 4.39 Å². The summed E-state index contributed by atoms with van der Waals surface area (Å²) < 4.78 is 11.7. The number of amides is 1. The fourth-order valence-corrected chi connectivity index (χ4v) is 0.562. The van der Waals surface area contributed by atoms with Gasteiger partial charge in [0.2, 0.25) is 5.91 Å². The zero-order valence-corrected chi connectivity index (χ0v) is 6.06. The van der Waals surface area contributed by atoms with Gasteiger partial charge in [-0.1, -0.05) is 0 Å². The van der Waals surface area contributed by atoms with E-state index in [1.54, 1.807) is 6.92 Å². The molecule has 0 fully saturated rings. The number of nitrogens with two attached hydrogens (primary N) is 1. The first kappa shape index (κ1) is 9.36. The van der Waals surface area contributed by atoms with Crippen LogP contribution in [0.25, 0.3) is 0 Å². The Morgan fingerprint density at radius 3 is 2.80 bits per heavy atom. The van der Waals surface area contributed by atoms with Gasteiger partial charge in [0.25, 0.3) is 0 Å². The van der Waals surface area contributed by atoms with Crippen molar-refractivity contribution in [1.82, 2.24) is 5.32 Å². The average molecular weight is 148 g/mol. The maximum Gasteiger partial charge on any atom is 0.221 e. The third-order valence-electron chi connectivity index (χ3n) is 1.02. The van der Waals surface area contributed by atoms with Crippen LogP contribution in [0.3, 0.4) is 0 Å². The highest BCUT2D eigenvalue weighted by molar-refractivity contribution is 5.76. The van der Waals surface area contributed by atoms with Crippen LogP contribution in [0.2, 0.25) is 0 Å². The van der Waals surface area contributed by atoms with E-state index in [1.165, 1.54) is 0 Å². The highest BCUT2D eigenvalue weighted by Crippen LogP contribution is 1.87. The zero-order chi connectivity index (χ0) is 7.98. The molecule has 0 aliphatic rings. The maximum absolute atomic E-state index is 11.7. The van der Waals surface area contributed by atoms with Gasteiger partial charge in [-0.3, -0.25) is 4.79 Å². The first-order valence-corrected chi connectivity index (χ1v) is 3.29. The van der Waals surface area contributed by atoms with Crippen molar-refractivity contribution in [3.63, 3.8) is 0 Å². The van der Waals surface area contributed by atoms with Crippen LogP contribution in [0, 0.1) is 0 Å². The summed E-state index contributed by atoms with van der Waals surface area (Å²) >= 11 is 0. The number of hydrogen-bond donors (Lipinski definition) is 2. The molecule has 0 saturated carbocycles. The van der Waals surface area contributed by atoms with Crippen molar-refractivity contribution in [3.05, 3.63) is 0 Å². The van der Waals surface area contributed by atoms with Crippen LogP contribution in [-0.2, 0) is 4.79 Å². The van der Waals surface area contributed by atoms with E-state index in [4.69, 9.17) is 5.73 Å². The van der Waals surface area contributed by atoms with Gasteiger partial charge in [-0.25, -0.2) is 4.39 Å². The van der Waals surface area contributed by atoms with Crippen LogP contribution in [0.15, 0.2) is 0 Å². The van der Waals surface area contributed by atoms with E-state index in [0.29, 0.717) is 6.54 Å². The van der Waals surface area contributed by atoms with Gasteiger partial charge < -0.3 is 11.1 Å². The SMILES string of the molecule is CCNC(=O)CC(N)CF. The summed E-state index contributed by atoms with van der Waals surface area (Å²) in [5, 5.41) is 2.53. The molecular weight excluding hydrogens is 135 g/mol. The molecule has 0 aromatic heterocycles. The average Bonchev–Trinajstić information content (AvgIpc) is 1.88. The molecule has 0 bridgehead atoms. The molecule has 60 valence electrons. The van der Waals surface area contributed by atoms with Crippen LogP contribution in [0.1, 0.15) is 13.3 Å². The minimum Gasteiger partial charge on any atom is -0.356 e. The summed E-state index contributed by atoms with van der Waals surface area (Å²) in [6.07, 6.45) is 0.0737. The molecular formula is C6H13FN2O. The van der Waals surface area contributed by atoms with Crippen LogP contribution >= 0.6 is 0 Å². The second-order valence-electron chi connectivity index (χ2n) is 2.07. The molecule has 0 aliphatic heterocycles. The van der Waals surface area contributed by atoms with E-state index in [0.717, 1.165) is 0 Å². The third kappa shape index (κ3) is 4.26. The van der Waals surface area contributed by atoms with E-state index in [9.17, 15) is 9.18 Å². The summed E-state index contributed by atoms with van der Waals surface area (Å²) in [7, 11) is 0. The second-order valence-corrected chi connectivity index (χ2v) is 2.07. The van der Waals surface area contributed by atoms with Crippen LogP contribution in [-0.4, -0.2) is 25.2 Å². The Morgan fingerprint density at radius 1 is 1.80 bits per heavy atom. The number of halogens is 1. The molecule has 4 heteroatoms. The molecule has 0 aromatic carbocycles. The molecule has 1 unspecified atom stereocenters. The lowest BCUT2D eigenvalue weighted by Gasteiger charge is -2.05. The first-order valence-electron chi connectivity index (χ1n) is 3.29. The predicted molar refractivity (Wildman–Crippen MR) is 37.3 cm³/mol. The summed E-state index contributed by atoms with van der Waals surface area (Å²) in [5.74, 6) is -0.187. The van der Waals surface area contributed by atoms with E-state index < -0.39 is 12.7 Å². The van der Waals surface area contributed by atoms with Crippen LogP contribution in [0.5, 0.6) is 0 Å². The van der Waals surface area contributed by atoms with Gasteiger partial charge in [0, 0.05) is 19.0 Å². The third-order valence-corrected chi connectivity index (χ3v) is 1.02. The Balaban J connectivity index is 3.37. The Kier molecular flexibility index (Phi) is 4.84. The van der Waals surface area contributed by atoms with Gasteiger partial charge in [0.1, 0.15) is 6.67 Å². The summed E-state index contributed by atoms with van der Waals surface area (Å²) in [6, 6.07) is -0.647.